The first-order valence-corrected chi connectivity index (χ1v) is 10.7. The van der Waals surface area contributed by atoms with E-state index in [4.69, 9.17) is 8.83 Å². The lowest BCUT2D eigenvalue weighted by atomic mass is 10.0. The van der Waals surface area contributed by atoms with Crippen molar-refractivity contribution in [2.24, 2.45) is 5.92 Å². The summed E-state index contributed by atoms with van der Waals surface area (Å²) in [6.45, 7) is 3.08. The van der Waals surface area contributed by atoms with Crippen LogP contribution in [0.4, 0.5) is 6.01 Å². The van der Waals surface area contributed by atoms with Gasteiger partial charge in [-0.3, -0.25) is 10.1 Å². The minimum atomic E-state index is -3.57. The molecule has 152 valence electrons. The number of furan rings is 1. The van der Waals surface area contributed by atoms with Crippen molar-refractivity contribution < 1.29 is 22.0 Å². The second kappa shape index (κ2) is 7.80. The van der Waals surface area contributed by atoms with Gasteiger partial charge in [-0.15, -0.1) is 5.10 Å². The van der Waals surface area contributed by atoms with Crippen LogP contribution in [0.15, 0.2) is 56.4 Å². The molecule has 0 bridgehead atoms. The van der Waals surface area contributed by atoms with E-state index >= 15 is 0 Å². The van der Waals surface area contributed by atoms with Gasteiger partial charge in [0.15, 0.2) is 5.76 Å². The summed E-state index contributed by atoms with van der Waals surface area (Å²) in [4.78, 5) is 12.6. The number of sulfonamides is 1. The van der Waals surface area contributed by atoms with Gasteiger partial charge in [-0.2, -0.15) is 4.31 Å². The third kappa shape index (κ3) is 4.08. The van der Waals surface area contributed by atoms with E-state index in [0.29, 0.717) is 24.8 Å². The molecule has 9 nitrogen and oxygen atoms in total. The average molecular weight is 416 g/mol. The van der Waals surface area contributed by atoms with E-state index in [9.17, 15) is 13.2 Å². The minimum absolute atomic E-state index is 0.0830. The molecule has 1 aromatic carbocycles. The molecular formula is C19H20N4O5S. The van der Waals surface area contributed by atoms with Gasteiger partial charge < -0.3 is 8.83 Å². The second-order valence-corrected chi connectivity index (χ2v) is 8.92. The van der Waals surface area contributed by atoms with E-state index in [-0.39, 0.29) is 22.4 Å². The van der Waals surface area contributed by atoms with Gasteiger partial charge in [0.25, 0.3) is 11.8 Å². The standard InChI is InChI=1S/C19H20N4O5S/c1-13-4-2-10-23(12-13)29(25,26)15-8-6-14(7-9-15)17(24)20-19-22-21-18(28-19)16-5-3-11-27-16/h3,5-9,11,13H,2,4,10,12H2,1H3,(H,20,22,24)/t13-/m0/s1. The number of carbonyl (C=O) groups is 1. The number of piperidine rings is 1. The van der Waals surface area contributed by atoms with Gasteiger partial charge in [-0.05, 0) is 55.2 Å². The highest BCUT2D eigenvalue weighted by molar-refractivity contribution is 7.89. The highest BCUT2D eigenvalue weighted by Crippen LogP contribution is 2.24. The van der Waals surface area contributed by atoms with Crippen molar-refractivity contribution in [3.05, 3.63) is 48.2 Å². The van der Waals surface area contributed by atoms with Gasteiger partial charge in [0.2, 0.25) is 10.0 Å². The highest BCUT2D eigenvalue weighted by Gasteiger charge is 2.28. The van der Waals surface area contributed by atoms with E-state index in [2.05, 4.69) is 15.5 Å². The fraction of sp³-hybridized carbons (Fsp3) is 0.316. The molecule has 3 aromatic rings. The van der Waals surface area contributed by atoms with Gasteiger partial charge >= 0.3 is 6.01 Å². The summed E-state index contributed by atoms with van der Waals surface area (Å²) in [7, 11) is -3.57. The summed E-state index contributed by atoms with van der Waals surface area (Å²) >= 11 is 0. The van der Waals surface area contributed by atoms with Crippen LogP contribution in [0.25, 0.3) is 11.7 Å². The summed E-state index contributed by atoms with van der Waals surface area (Å²) in [6, 6.07) is 9.04. The molecule has 1 aliphatic rings. The van der Waals surface area contributed by atoms with Crippen molar-refractivity contribution in [1.29, 1.82) is 0 Å². The van der Waals surface area contributed by atoms with Crippen LogP contribution in [0, 0.1) is 5.92 Å². The molecule has 0 aliphatic carbocycles. The Balaban J connectivity index is 1.45. The second-order valence-electron chi connectivity index (χ2n) is 6.98. The largest absolute Gasteiger partial charge is 0.459 e. The molecule has 0 radical (unpaired) electrons. The molecular weight excluding hydrogens is 396 g/mol. The molecule has 1 N–H and O–H groups in total. The predicted octanol–water partition coefficient (Wildman–Crippen LogP) is 3.00. The molecule has 1 atom stereocenters. The topological polar surface area (TPSA) is 119 Å². The number of hydrogen-bond acceptors (Lipinski definition) is 7. The number of benzene rings is 1. The summed E-state index contributed by atoms with van der Waals surface area (Å²) in [5.41, 5.74) is 0.272. The van der Waals surface area contributed by atoms with Gasteiger partial charge in [0.05, 0.1) is 11.2 Å². The molecule has 4 rings (SSSR count). The van der Waals surface area contributed by atoms with Crippen LogP contribution in [0.5, 0.6) is 0 Å². The number of aromatic nitrogens is 2. The van der Waals surface area contributed by atoms with Gasteiger partial charge in [-0.25, -0.2) is 8.42 Å². The molecule has 0 unspecified atom stereocenters. The van der Waals surface area contributed by atoms with E-state index < -0.39 is 15.9 Å². The Kier molecular flexibility index (Phi) is 5.20. The maximum atomic E-state index is 12.8. The zero-order valence-corrected chi connectivity index (χ0v) is 16.6. The lowest BCUT2D eigenvalue weighted by Gasteiger charge is -2.30. The first-order chi connectivity index (χ1) is 13.9. The Morgan fingerprint density at radius 3 is 2.69 bits per heavy atom. The molecule has 0 saturated carbocycles. The number of amides is 1. The molecule has 1 fully saturated rings. The predicted molar refractivity (Wildman–Crippen MR) is 104 cm³/mol. The van der Waals surface area contributed by atoms with Crippen LogP contribution in [0.3, 0.4) is 0 Å². The van der Waals surface area contributed by atoms with Crippen molar-refractivity contribution in [3.8, 4) is 11.7 Å². The van der Waals surface area contributed by atoms with Crippen LogP contribution in [0.2, 0.25) is 0 Å². The zero-order valence-electron chi connectivity index (χ0n) is 15.7. The number of carbonyl (C=O) groups excluding carboxylic acids is 1. The zero-order chi connectivity index (χ0) is 20.4. The third-order valence-corrected chi connectivity index (χ3v) is 6.63. The van der Waals surface area contributed by atoms with Crippen molar-refractivity contribution in [3.63, 3.8) is 0 Å². The Hall–Kier alpha value is -2.98. The van der Waals surface area contributed by atoms with E-state index in [1.165, 1.54) is 34.8 Å². The van der Waals surface area contributed by atoms with Crippen molar-refractivity contribution in [1.82, 2.24) is 14.5 Å². The van der Waals surface area contributed by atoms with Crippen molar-refractivity contribution in [2.45, 2.75) is 24.7 Å². The molecule has 3 heterocycles. The van der Waals surface area contributed by atoms with Gasteiger partial charge in [-0.1, -0.05) is 12.0 Å². The maximum absolute atomic E-state index is 12.8. The van der Waals surface area contributed by atoms with Gasteiger partial charge in [0, 0.05) is 18.7 Å². The summed E-state index contributed by atoms with van der Waals surface area (Å²) in [5, 5.41) is 10.0. The Morgan fingerprint density at radius 1 is 1.21 bits per heavy atom. The number of nitrogens with one attached hydrogen (secondary N) is 1. The highest BCUT2D eigenvalue weighted by atomic mass is 32.2. The number of rotatable bonds is 5. The smallest absolute Gasteiger partial charge is 0.322 e. The lowest BCUT2D eigenvalue weighted by molar-refractivity contribution is 0.102. The summed E-state index contributed by atoms with van der Waals surface area (Å²) in [5.74, 6) is 0.376. The fourth-order valence-electron chi connectivity index (χ4n) is 3.23. The molecule has 29 heavy (non-hydrogen) atoms. The normalized spacial score (nSPS) is 17.9. The first-order valence-electron chi connectivity index (χ1n) is 9.22. The van der Waals surface area contributed by atoms with Gasteiger partial charge in [0.1, 0.15) is 0 Å². The Bertz CT molecular complexity index is 1090. The Labute approximate surface area is 167 Å². The Morgan fingerprint density at radius 2 is 2.00 bits per heavy atom. The molecule has 2 aromatic heterocycles. The average Bonchev–Trinajstić information content (AvgIpc) is 3.40. The number of nitrogens with zero attached hydrogens (tertiary/aromatic N) is 3. The number of anilines is 1. The third-order valence-electron chi connectivity index (χ3n) is 4.75. The quantitative estimate of drug-likeness (QED) is 0.679. The van der Waals surface area contributed by atoms with Crippen LogP contribution >= 0.6 is 0 Å². The summed E-state index contributed by atoms with van der Waals surface area (Å²) in [6.07, 6.45) is 3.35. The molecule has 1 aliphatic heterocycles. The fourth-order valence-corrected chi connectivity index (χ4v) is 4.83. The first kappa shape index (κ1) is 19.3. The summed E-state index contributed by atoms with van der Waals surface area (Å²) < 4.78 is 37.6. The van der Waals surface area contributed by atoms with E-state index in [0.717, 1.165) is 12.8 Å². The maximum Gasteiger partial charge on any atom is 0.322 e. The van der Waals surface area contributed by atoms with Crippen LogP contribution < -0.4 is 5.32 Å². The van der Waals surface area contributed by atoms with Crippen LogP contribution in [-0.4, -0.2) is 41.9 Å². The lowest BCUT2D eigenvalue weighted by Crippen LogP contribution is -2.39. The molecule has 1 saturated heterocycles. The van der Waals surface area contributed by atoms with Crippen molar-refractivity contribution in [2.75, 3.05) is 18.4 Å². The molecule has 10 heteroatoms. The molecule has 1 amide bonds. The monoisotopic (exact) mass is 416 g/mol. The van der Waals surface area contributed by atoms with Crippen LogP contribution in [0.1, 0.15) is 30.1 Å². The number of hydrogen-bond donors (Lipinski definition) is 1. The van der Waals surface area contributed by atoms with Crippen molar-refractivity contribution >= 4 is 21.9 Å². The van der Waals surface area contributed by atoms with Crippen LogP contribution in [-0.2, 0) is 10.0 Å². The SMILES string of the molecule is C[C@H]1CCCN(S(=O)(=O)c2ccc(C(=O)Nc3nnc(-c4ccco4)o3)cc2)C1. The van der Waals surface area contributed by atoms with E-state index in [1.807, 2.05) is 6.92 Å². The minimum Gasteiger partial charge on any atom is -0.459 e. The van der Waals surface area contributed by atoms with E-state index in [1.54, 1.807) is 12.1 Å². The molecule has 0 spiro atoms.